The molecule has 6 nitrogen and oxygen atoms in total. The van der Waals surface area contributed by atoms with E-state index in [0.717, 1.165) is 44.8 Å². The summed E-state index contributed by atoms with van der Waals surface area (Å²) in [6.45, 7) is 5.82. The van der Waals surface area contributed by atoms with Crippen molar-refractivity contribution in [3.63, 3.8) is 0 Å². The zero-order chi connectivity index (χ0) is 20.3. The lowest BCUT2D eigenvalue weighted by molar-refractivity contribution is -0.121. The second-order valence-electron chi connectivity index (χ2n) is 8.03. The molecule has 5 rings (SSSR count). The Morgan fingerprint density at radius 2 is 1.69 bits per heavy atom. The summed E-state index contributed by atoms with van der Waals surface area (Å²) in [7, 11) is 1.91. The number of carbonyl (C=O) groups excluding carboxylic acids is 1. The van der Waals surface area contributed by atoms with Gasteiger partial charge in [-0.3, -0.25) is 14.4 Å². The van der Waals surface area contributed by atoms with E-state index >= 15 is 0 Å². The molecule has 0 aliphatic carbocycles. The summed E-state index contributed by atoms with van der Waals surface area (Å²) in [6.07, 6.45) is 5.47. The van der Waals surface area contributed by atoms with Gasteiger partial charge in [-0.25, -0.2) is 9.97 Å². The summed E-state index contributed by atoms with van der Waals surface area (Å²) >= 11 is 0. The lowest BCUT2D eigenvalue weighted by atomic mass is 9.85. The van der Waals surface area contributed by atoms with Crippen molar-refractivity contribution in [2.45, 2.75) is 26.2 Å². The maximum Gasteiger partial charge on any atom is 0.241 e. The Morgan fingerprint density at radius 3 is 2.45 bits per heavy atom. The van der Waals surface area contributed by atoms with Gasteiger partial charge in [-0.2, -0.15) is 5.10 Å². The van der Waals surface area contributed by atoms with E-state index in [-0.39, 0.29) is 5.91 Å². The number of aromatic nitrogens is 4. The lowest BCUT2D eigenvalue weighted by Crippen LogP contribution is -2.33. The second-order valence-corrected chi connectivity index (χ2v) is 8.03. The fraction of sp³-hybridized carbons (Fsp3) is 0.217. The first-order chi connectivity index (χ1) is 13.9. The molecule has 0 N–H and O–H groups in total. The average Bonchev–Trinajstić information content (AvgIpc) is 3.17. The van der Waals surface area contributed by atoms with Crippen LogP contribution in [0.4, 0.5) is 11.4 Å². The zero-order valence-corrected chi connectivity index (χ0v) is 16.8. The van der Waals surface area contributed by atoms with Crippen LogP contribution in [0, 0.1) is 6.92 Å². The number of nitrogens with zero attached hydrogens (tertiary/aromatic N) is 5. The number of fused-ring (bicyclic) bond motifs is 2. The Balaban J connectivity index is 1.69. The Bertz CT molecular complexity index is 1270. The highest BCUT2D eigenvalue weighted by Crippen LogP contribution is 2.47. The molecule has 0 saturated heterocycles. The first-order valence-electron chi connectivity index (χ1n) is 9.56. The molecule has 2 aromatic heterocycles. The van der Waals surface area contributed by atoms with Crippen LogP contribution in [0.1, 0.15) is 25.2 Å². The molecule has 0 atom stereocenters. The highest BCUT2D eigenvalue weighted by Gasteiger charge is 2.44. The maximum atomic E-state index is 13.4. The molecule has 1 aliphatic heterocycles. The Hall–Kier alpha value is -3.54. The van der Waals surface area contributed by atoms with Crippen LogP contribution in [-0.2, 0) is 17.3 Å². The SMILES string of the molecule is Cc1ncc(-c2ccc3c(c2)N(c2ccc4cnn(C)c4c2)C(=O)C3(C)C)cn1. The van der Waals surface area contributed by atoms with Crippen molar-refractivity contribution in [1.82, 2.24) is 19.7 Å². The molecule has 0 spiro atoms. The monoisotopic (exact) mass is 383 g/mol. The predicted molar refractivity (Wildman–Crippen MR) is 113 cm³/mol. The third kappa shape index (κ3) is 2.56. The van der Waals surface area contributed by atoms with Gasteiger partial charge in [0.2, 0.25) is 5.91 Å². The minimum atomic E-state index is -0.598. The standard InChI is InChI=1S/C23H21N5O/c1-14-24-11-17(12-25-14)15-6-8-19-21(9-15)28(22(29)23(19,2)3)18-7-5-16-13-26-27(4)20(16)10-18/h5-13H,1-4H3. The molecular weight excluding hydrogens is 362 g/mol. The molecule has 29 heavy (non-hydrogen) atoms. The predicted octanol–water partition coefficient (Wildman–Crippen LogP) is 4.29. The van der Waals surface area contributed by atoms with Crippen LogP contribution in [0.15, 0.2) is 55.0 Å². The van der Waals surface area contributed by atoms with Gasteiger partial charge in [0, 0.05) is 30.4 Å². The van der Waals surface area contributed by atoms with Gasteiger partial charge in [-0.15, -0.1) is 0 Å². The third-order valence-corrected chi connectivity index (χ3v) is 5.75. The van der Waals surface area contributed by atoms with Gasteiger partial charge >= 0.3 is 0 Å². The number of hydrogen-bond acceptors (Lipinski definition) is 4. The van der Waals surface area contributed by atoms with Crippen molar-refractivity contribution in [3.05, 3.63) is 66.4 Å². The van der Waals surface area contributed by atoms with Crippen molar-refractivity contribution in [2.75, 3.05) is 4.90 Å². The minimum Gasteiger partial charge on any atom is -0.280 e. The van der Waals surface area contributed by atoms with E-state index in [0.29, 0.717) is 0 Å². The number of aryl methyl sites for hydroxylation is 2. The van der Waals surface area contributed by atoms with E-state index in [2.05, 4.69) is 21.1 Å². The van der Waals surface area contributed by atoms with Gasteiger partial charge in [0.05, 0.1) is 28.5 Å². The smallest absolute Gasteiger partial charge is 0.241 e. The van der Waals surface area contributed by atoms with Crippen molar-refractivity contribution in [2.24, 2.45) is 7.05 Å². The number of carbonyl (C=O) groups is 1. The van der Waals surface area contributed by atoms with E-state index < -0.39 is 5.41 Å². The summed E-state index contributed by atoms with van der Waals surface area (Å²) < 4.78 is 1.82. The quantitative estimate of drug-likeness (QED) is 0.518. The number of amides is 1. The van der Waals surface area contributed by atoms with E-state index in [1.165, 1.54) is 0 Å². The summed E-state index contributed by atoms with van der Waals surface area (Å²) in [5.41, 5.74) is 5.07. The minimum absolute atomic E-state index is 0.0614. The molecule has 1 amide bonds. The fourth-order valence-electron chi connectivity index (χ4n) is 4.00. The van der Waals surface area contributed by atoms with Crippen LogP contribution in [-0.4, -0.2) is 25.7 Å². The molecule has 0 bridgehead atoms. The lowest BCUT2D eigenvalue weighted by Gasteiger charge is -2.21. The molecule has 0 radical (unpaired) electrons. The normalized spacial score (nSPS) is 15.2. The Labute approximate surface area is 168 Å². The summed E-state index contributed by atoms with van der Waals surface area (Å²) in [6, 6.07) is 12.2. The molecule has 0 unspecified atom stereocenters. The highest BCUT2D eigenvalue weighted by atomic mass is 16.2. The van der Waals surface area contributed by atoms with Gasteiger partial charge in [0.1, 0.15) is 5.82 Å². The molecule has 0 fully saturated rings. The van der Waals surface area contributed by atoms with Crippen LogP contribution in [0.5, 0.6) is 0 Å². The first-order valence-corrected chi connectivity index (χ1v) is 9.56. The van der Waals surface area contributed by atoms with Crippen LogP contribution in [0.25, 0.3) is 22.0 Å². The molecule has 6 heteroatoms. The van der Waals surface area contributed by atoms with Gasteiger partial charge in [-0.05, 0) is 56.2 Å². The number of benzene rings is 2. The summed E-state index contributed by atoms with van der Waals surface area (Å²) in [5.74, 6) is 0.795. The molecule has 4 aromatic rings. The average molecular weight is 383 g/mol. The topological polar surface area (TPSA) is 63.9 Å². The van der Waals surface area contributed by atoms with Gasteiger partial charge in [0.15, 0.2) is 0 Å². The fourth-order valence-corrected chi connectivity index (χ4v) is 4.00. The number of anilines is 2. The van der Waals surface area contributed by atoms with E-state index in [1.54, 1.807) is 0 Å². The van der Waals surface area contributed by atoms with Gasteiger partial charge in [0.25, 0.3) is 0 Å². The van der Waals surface area contributed by atoms with Crippen LogP contribution in [0.2, 0.25) is 0 Å². The zero-order valence-electron chi connectivity index (χ0n) is 16.8. The molecule has 2 aromatic carbocycles. The number of rotatable bonds is 2. The van der Waals surface area contributed by atoms with Crippen molar-refractivity contribution < 1.29 is 4.79 Å². The van der Waals surface area contributed by atoms with E-state index in [4.69, 9.17) is 0 Å². The van der Waals surface area contributed by atoms with Crippen molar-refractivity contribution >= 4 is 28.2 Å². The van der Waals surface area contributed by atoms with Crippen molar-refractivity contribution in [1.29, 1.82) is 0 Å². The molecule has 0 saturated carbocycles. The largest absolute Gasteiger partial charge is 0.280 e. The second kappa shape index (κ2) is 5.98. The van der Waals surface area contributed by atoms with Gasteiger partial charge < -0.3 is 0 Å². The molecular formula is C23H21N5O. The van der Waals surface area contributed by atoms with Crippen LogP contribution < -0.4 is 4.90 Å². The maximum absolute atomic E-state index is 13.4. The summed E-state index contributed by atoms with van der Waals surface area (Å²) in [5, 5.41) is 5.36. The van der Waals surface area contributed by atoms with E-state index in [9.17, 15) is 4.79 Å². The summed E-state index contributed by atoms with van der Waals surface area (Å²) in [4.78, 5) is 23.8. The Morgan fingerprint density at radius 1 is 0.931 bits per heavy atom. The number of hydrogen-bond donors (Lipinski definition) is 0. The van der Waals surface area contributed by atoms with Gasteiger partial charge in [-0.1, -0.05) is 12.1 Å². The van der Waals surface area contributed by atoms with Crippen molar-refractivity contribution in [3.8, 4) is 11.1 Å². The third-order valence-electron chi connectivity index (χ3n) is 5.75. The van der Waals surface area contributed by atoms with E-state index in [1.807, 2.05) is 86.3 Å². The molecule has 3 heterocycles. The molecule has 144 valence electrons. The first kappa shape index (κ1) is 17.6. The van der Waals surface area contributed by atoms with Crippen LogP contribution >= 0.6 is 0 Å². The highest BCUT2D eigenvalue weighted by molar-refractivity contribution is 6.13. The van der Waals surface area contributed by atoms with Crippen LogP contribution in [0.3, 0.4) is 0 Å². The Kier molecular flexibility index (Phi) is 3.62. The molecule has 1 aliphatic rings.